The minimum Gasteiger partial charge on any atom is -0.377 e. The van der Waals surface area contributed by atoms with Crippen molar-refractivity contribution in [2.75, 3.05) is 32.0 Å². The number of hydrogen-bond donors (Lipinski definition) is 3. The van der Waals surface area contributed by atoms with E-state index in [-0.39, 0.29) is 35.8 Å². The lowest BCUT2D eigenvalue weighted by Crippen LogP contribution is -2.42. The molecule has 1 aromatic rings. The highest BCUT2D eigenvalue weighted by molar-refractivity contribution is 14.0. The Bertz CT molecular complexity index is 672. The molecule has 0 amide bonds. The zero-order valence-electron chi connectivity index (χ0n) is 16.1. The molecule has 3 N–H and O–H groups in total. The largest absolute Gasteiger partial charge is 0.377 e. The van der Waals surface area contributed by atoms with Gasteiger partial charge in [0.15, 0.2) is 5.96 Å². The number of nitrogens with one attached hydrogen (secondary N) is 3. The number of aliphatic imine (C=N–C) groups is 1. The van der Waals surface area contributed by atoms with Crippen LogP contribution in [-0.2, 0) is 28.4 Å². The SMILES string of the molecule is CCNC(=NCc1ccn(C)c1)NCCS(=O)(=O)NCC1CCCCO1.I. The molecule has 8 nitrogen and oxygen atoms in total. The average Bonchev–Trinajstić information content (AvgIpc) is 3.04. The number of rotatable bonds is 9. The Hall–Kier alpha value is -0.850. The van der Waals surface area contributed by atoms with Crippen LogP contribution in [0.2, 0.25) is 0 Å². The Morgan fingerprint density at radius 3 is 2.81 bits per heavy atom. The smallest absolute Gasteiger partial charge is 0.213 e. The molecule has 27 heavy (non-hydrogen) atoms. The molecule has 0 bridgehead atoms. The van der Waals surface area contributed by atoms with Crippen molar-refractivity contribution in [1.29, 1.82) is 0 Å². The summed E-state index contributed by atoms with van der Waals surface area (Å²) in [4.78, 5) is 4.48. The Kier molecular flexibility index (Phi) is 11.3. The third-order valence-corrected chi connectivity index (χ3v) is 5.47. The lowest BCUT2D eigenvalue weighted by atomic mass is 10.1. The van der Waals surface area contributed by atoms with Crippen molar-refractivity contribution in [2.24, 2.45) is 12.0 Å². The molecule has 0 aromatic carbocycles. The molecule has 1 fully saturated rings. The maximum atomic E-state index is 12.1. The van der Waals surface area contributed by atoms with Crippen molar-refractivity contribution in [3.05, 3.63) is 24.0 Å². The van der Waals surface area contributed by atoms with Crippen LogP contribution in [0.1, 0.15) is 31.7 Å². The van der Waals surface area contributed by atoms with Gasteiger partial charge < -0.3 is 19.9 Å². The van der Waals surface area contributed by atoms with E-state index >= 15 is 0 Å². The first-order valence-corrected chi connectivity index (χ1v) is 10.9. The molecule has 1 unspecified atom stereocenters. The lowest BCUT2D eigenvalue weighted by molar-refractivity contribution is 0.0200. The van der Waals surface area contributed by atoms with E-state index in [2.05, 4.69) is 20.3 Å². The number of halogens is 1. The molecule has 0 radical (unpaired) electrons. The van der Waals surface area contributed by atoms with Crippen LogP contribution in [0.3, 0.4) is 0 Å². The normalized spacial score (nSPS) is 18.0. The van der Waals surface area contributed by atoms with Crippen LogP contribution in [0.4, 0.5) is 0 Å². The maximum absolute atomic E-state index is 12.1. The Labute approximate surface area is 179 Å². The summed E-state index contributed by atoms with van der Waals surface area (Å²) in [6.07, 6.45) is 7.04. The second kappa shape index (κ2) is 12.6. The summed E-state index contributed by atoms with van der Waals surface area (Å²) in [6, 6.07) is 2.01. The van der Waals surface area contributed by atoms with Crippen LogP contribution < -0.4 is 15.4 Å². The number of hydrogen-bond acceptors (Lipinski definition) is 4. The van der Waals surface area contributed by atoms with Crippen molar-refractivity contribution in [2.45, 2.75) is 38.8 Å². The Balaban J connectivity index is 0.00000364. The van der Waals surface area contributed by atoms with Crippen LogP contribution in [0, 0.1) is 0 Å². The number of sulfonamides is 1. The third kappa shape index (κ3) is 9.77. The van der Waals surface area contributed by atoms with Gasteiger partial charge in [0.25, 0.3) is 0 Å². The van der Waals surface area contributed by atoms with Gasteiger partial charge in [0, 0.05) is 45.7 Å². The van der Waals surface area contributed by atoms with Crippen LogP contribution >= 0.6 is 24.0 Å². The Morgan fingerprint density at radius 1 is 1.37 bits per heavy atom. The maximum Gasteiger partial charge on any atom is 0.213 e. The van der Waals surface area contributed by atoms with Crippen molar-refractivity contribution < 1.29 is 13.2 Å². The molecular formula is C17H32IN5O3S. The van der Waals surface area contributed by atoms with E-state index in [0.29, 0.717) is 32.1 Å². The van der Waals surface area contributed by atoms with Crippen LogP contribution in [0.5, 0.6) is 0 Å². The van der Waals surface area contributed by atoms with E-state index < -0.39 is 10.0 Å². The van der Waals surface area contributed by atoms with Crippen molar-refractivity contribution in [1.82, 2.24) is 19.9 Å². The van der Waals surface area contributed by atoms with E-state index in [4.69, 9.17) is 4.74 Å². The van der Waals surface area contributed by atoms with Gasteiger partial charge in [-0.25, -0.2) is 18.1 Å². The molecular weight excluding hydrogens is 481 g/mol. The minimum atomic E-state index is -3.33. The molecule has 2 heterocycles. The van der Waals surface area contributed by atoms with Crippen molar-refractivity contribution in [3.8, 4) is 0 Å². The summed E-state index contributed by atoms with van der Waals surface area (Å²) in [5, 5.41) is 6.20. The molecule has 156 valence electrons. The summed E-state index contributed by atoms with van der Waals surface area (Å²) in [7, 11) is -1.37. The number of aryl methyl sites for hydroxylation is 1. The van der Waals surface area contributed by atoms with E-state index in [0.717, 1.165) is 31.4 Å². The zero-order valence-corrected chi connectivity index (χ0v) is 19.3. The number of guanidine groups is 1. The molecule has 1 atom stereocenters. The highest BCUT2D eigenvalue weighted by atomic mass is 127. The van der Waals surface area contributed by atoms with Crippen molar-refractivity contribution in [3.63, 3.8) is 0 Å². The quantitative estimate of drug-likeness (QED) is 0.262. The van der Waals surface area contributed by atoms with Crippen molar-refractivity contribution >= 4 is 40.0 Å². The predicted molar refractivity (Wildman–Crippen MR) is 119 cm³/mol. The highest BCUT2D eigenvalue weighted by Crippen LogP contribution is 2.11. The Morgan fingerprint density at radius 2 is 2.19 bits per heavy atom. The third-order valence-electron chi connectivity index (χ3n) is 4.13. The topological polar surface area (TPSA) is 96.8 Å². The molecule has 1 saturated heterocycles. The van der Waals surface area contributed by atoms with Gasteiger partial charge >= 0.3 is 0 Å². The predicted octanol–water partition coefficient (Wildman–Crippen LogP) is 1.19. The summed E-state index contributed by atoms with van der Waals surface area (Å²) in [6.45, 7) is 4.59. The number of ether oxygens (including phenoxy) is 1. The summed E-state index contributed by atoms with van der Waals surface area (Å²) in [5.74, 6) is 0.609. The highest BCUT2D eigenvalue weighted by Gasteiger charge is 2.17. The van der Waals surface area contributed by atoms with E-state index in [1.807, 2.05) is 37.0 Å². The average molecular weight is 513 g/mol. The van der Waals surface area contributed by atoms with Gasteiger partial charge in [0.2, 0.25) is 10.0 Å². The van der Waals surface area contributed by atoms with Crippen LogP contribution in [-0.4, -0.2) is 57.0 Å². The molecule has 1 aliphatic rings. The van der Waals surface area contributed by atoms with Gasteiger partial charge in [0.1, 0.15) is 0 Å². The first kappa shape index (κ1) is 24.2. The fourth-order valence-electron chi connectivity index (χ4n) is 2.73. The van der Waals surface area contributed by atoms with Gasteiger partial charge in [-0.2, -0.15) is 0 Å². The van der Waals surface area contributed by atoms with E-state index in [1.165, 1.54) is 0 Å². The molecule has 1 aliphatic heterocycles. The van der Waals surface area contributed by atoms with Gasteiger partial charge in [-0.05, 0) is 37.8 Å². The summed E-state index contributed by atoms with van der Waals surface area (Å²) in [5.41, 5.74) is 1.10. The van der Waals surface area contributed by atoms with Gasteiger partial charge in [0.05, 0.1) is 18.4 Å². The summed E-state index contributed by atoms with van der Waals surface area (Å²) < 4.78 is 34.4. The molecule has 2 rings (SSSR count). The first-order chi connectivity index (χ1) is 12.5. The van der Waals surface area contributed by atoms with Gasteiger partial charge in [-0.15, -0.1) is 24.0 Å². The van der Waals surface area contributed by atoms with E-state index in [9.17, 15) is 8.42 Å². The molecule has 0 spiro atoms. The lowest BCUT2D eigenvalue weighted by Gasteiger charge is -2.22. The van der Waals surface area contributed by atoms with E-state index in [1.54, 1.807) is 0 Å². The fourth-order valence-corrected chi connectivity index (χ4v) is 3.69. The second-order valence-corrected chi connectivity index (χ2v) is 8.39. The van der Waals surface area contributed by atoms with Gasteiger partial charge in [-0.1, -0.05) is 0 Å². The minimum absolute atomic E-state index is 0. The van der Waals surface area contributed by atoms with Gasteiger partial charge in [-0.3, -0.25) is 0 Å². The van der Waals surface area contributed by atoms with Crippen LogP contribution in [0.15, 0.2) is 23.5 Å². The second-order valence-electron chi connectivity index (χ2n) is 6.46. The standard InChI is InChI=1S/C17H31N5O3S.HI/c1-3-18-17(20-12-15-7-9-22(2)14-15)19-8-11-26(23,24)21-13-16-6-4-5-10-25-16;/h7,9,14,16,21H,3-6,8,10-13H2,1-2H3,(H2,18,19,20);1H. The number of aromatic nitrogens is 1. The number of nitrogens with zero attached hydrogens (tertiary/aromatic N) is 2. The molecule has 0 saturated carbocycles. The summed E-state index contributed by atoms with van der Waals surface area (Å²) >= 11 is 0. The molecule has 0 aliphatic carbocycles. The van der Waals surface area contributed by atoms with Crippen LogP contribution in [0.25, 0.3) is 0 Å². The first-order valence-electron chi connectivity index (χ1n) is 9.20. The molecule has 1 aromatic heterocycles. The molecule has 10 heteroatoms. The monoisotopic (exact) mass is 513 g/mol. The fraction of sp³-hybridized carbons (Fsp3) is 0.706. The zero-order chi connectivity index (χ0) is 18.8.